The molecule has 5 unspecified atom stereocenters. The molecule has 0 aromatic carbocycles. The number of aromatic nitrogens is 1. The van der Waals surface area contributed by atoms with E-state index >= 15 is 0 Å². The van der Waals surface area contributed by atoms with Gasteiger partial charge in [0.05, 0.1) is 17.5 Å². The summed E-state index contributed by atoms with van der Waals surface area (Å²) in [7, 11) is 4.02. The largest absolute Gasteiger partial charge is 0.483 e. The number of carbonyl (C=O) groups excluding carboxylic acids is 2. The van der Waals surface area contributed by atoms with Gasteiger partial charge in [-0.1, -0.05) is 13.0 Å². The lowest BCUT2D eigenvalue weighted by Crippen LogP contribution is -2.44. The highest BCUT2D eigenvalue weighted by molar-refractivity contribution is 6.21. The third-order valence-electron chi connectivity index (χ3n) is 6.31. The molecule has 6 nitrogen and oxygen atoms in total. The molecule has 0 saturated heterocycles. The highest BCUT2D eigenvalue weighted by Crippen LogP contribution is 2.48. The number of ether oxygens (including phenoxy) is 1. The molecule has 1 amide bonds. The van der Waals surface area contributed by atoms with Gasteiger partial charge in [-0.2, -0.15) is 0 Å². The predicted octanol–water partition coefficient (Wildman–Crippen LogP) is 2.79. The minimum absolute atomic E-state index is 0.0195. The van der Waals surface area contributed by atoms with E-state index in [1.165, 1.54) is 0 Å². The third kappa shape index (κ3) is 3.68. The summed E-state index contributed by atoms with van der Waals surface area (Å²) < 4.78 is 6.20. The molecule has 29 heavy (non-hydrogen) atoms. The predicted molar refractivity (Wildman–Crippen MR) is 110 cm³/mol. The van der Waals surface area contributed by atoms with Crippen LogP contribution in [0.4, 0.5) is 0 Å². The van der Waals surface area contributed by atoms with Crippen molar-refractivity contribution in [3.05, 3.63) is 41.4 Å². The van der Waals surface area contributed by atoms with Crippen LogP contribution in [0.15, 0.2) is 35.9 Å². The summed E-state index contributed by atoms with van der Waals surface area (Å²) in [5.41, 5.74) is 1.34. The maximum Gasteiger partial charge on any atom is 0.290 e. The second-order valence-electron chi connectivity index (χ2n) is 8.68. The summed E-state index contributed by atoms with van der Waals surface area (Å²) >= 11 is 6.49. The van der Waals surface area contributed by atoms with Gasteiger partial charge in [-0.05, 0) is 57.5 Å². The van der Waals surface area contributed by atoms with Crippen molar-refractivity contribution in [2.45, 2.75) is 43.7 Å². The van der Waals surface area contributed by atoms with Gasteiger partial charge in [0.2, 0.25) is 0 Å². The number of nitrogens with zero attached hydrogens (tertiary/aromatic N) is 3. The lowest BCUT2D eigenvalue weighted by atomic mass is 9.74. The van der Waals surface area contributed by atoms with Crippen LogP contribution in [0.3, 0.4) is 0 Å². The molecule has 0 radical (unpaired) electrons. The molecule has 1 aromatic rings. The van der Waals surface area contributed by atoms with Crippen molar-refractivity contribution in [1.29, 1.82) is 0 Å². The fourth-order valence-corrected chi connectivity index (χ4v) is 5.03. The topological polar surface area (TPSA) is 62.7 Å². The summed E-state index contributed by atoms with van der Waals surface area (Å²) in [5, 5.41) is -0.0453. The van der Waals surface area contributed by atoms with Crippen molar-refractivity contribution in [3.8, 4) is 0 Å². The van der Waals surface area contributed by atoms with Crippen LogP contribution in [0.5, 0.6) is 0 Å². The van der Waals surface area contributed by atoms with E-state index < -0.39 is 6.04 Å². The molecule has 3 heterocycles. The lowest BCUT2D eigenvalue weighted by Gasteiger charge is -2.39. The molecule has 0 N–H and O–H groups in total. The molecule has 5 atom stereocenters. The highest BCUT2D eigenvalue weighted by Gasteiger charge is 2.53. The first-order valence-electron chi connectivity index (χ1n) is 10.3. The number of halogens is 1. The van der Waals surface area contributed by atoms with Gasteiger partial charge in [0.15, 0.2) is 11.5 Å². The summed E-state index contributed by atoms with van der Waals surface area (Å²) in [6.45, 7) is 3.50. The molecule has 3 aliphatic rings. The van der Waals surface area contributed by atoms with Gasteiger partial charge in [-0.15, -0.1) is 11.6 Å². The molecule has 0 spiro atoms. The van der Waals surface area contributed by atoms with Crippen molar-refractivity contribution in [3.63, 3.8) is 0 Å². The Morgan fingerprint density at radius 1 is 1.31 bits per heavy atom. The van der Waals surface area contributed by atoms with Gasteiger partial charge in [0, 0.05) is 24.3 Å². The van der Waals surface area contributed by atoms with Crippen molar-refractivity contribution < 1.29 is 14.3 Å². The molecule has 1 saturated carbocycles. The van der Waals surface area contributed by atoms with E-state index in [0.29, 0.717) is 25.0 Å². The van der Waals surface area contributed by atoms with Crippen molar-refractivity contribution in [1.82, 2.24) is 14.8 Å². The first kappa shape index (κ1) is 20.4. The molecule has 4 rings (SSSR count). The number of carbonyl (C=O) groups is 2. The molecule has 0 bridgehead atoms. The highest BCUT2D eigenvalue weighted by atomic mass is 35.5. The fourth-order valence-electron chi connectivity index (χ4n) is 4.74. The standard InChI is InChI=1S/C22H28ClN3O3/c1-13-10-17-15(11-16(13)23)20(27)18-19(14-6-4-7-24-12-14)26(9-5-8-25(2)3)22(28)21(18)29-17/h4,6-7,12-13,15-17,19H,5,8-11H2,1-3H3. The van der Waals surface area contributed by atoms with E-state index in [9.17, 15) is 9.59 Å². The van der Waals surface area contributed by atoms with E-state index in [0.717, 1.165) is 18.5 Å². The van der Waals surface area contributed by atoms with Crippen LogP contribution in [0.25, 0.3) is 0 Å². The maximum atomic E-state index is 13.5. The molecule has 2 aliphatic heterocycles. The Bertz CT molecular complexity index is 826. The number of ketones is 1. The van der Waals surface area contributed by atoms with Gasteiger partial charge in [-0.25, -0.2) is 0 Å². The zero-order valence-electron chi connectivity index (χ0n) is 17.2. The summed E-state index contributed by atoms with van der Waals surface area (Å²) in [4.78, 5) is 34.9. The second-order valence-corrected chi connectivity index (χ2v) is 9.24. The Balaban J connectivity index is 1.69. The number of hydrogen-bond donors (Lipinski definition) is 0. The molecule has 1 aliphatic carbocycles. The Labute approximate surface area is 176 Å². The van der Waals surface area contributed by atoms with Crippen molar-refractivity contribution in [2.75, 3.05) is 27.2 Å². The van der Waals surface area contributed by atoms with Crippen molar-refractivity contribution in [2.24, 2.45) is 11.8 Å². The zero-order chi connectivity index (χ0) is 20.7. The van der Waals surface area contributed by atoms with E-state index in [4.69, 9.17) is 16.3 Å². The monoisotopic (exact) mass is 417 g/mol. The average Bonchev–Trinajstić information content (AvgIpc) is 2.97. The minimum atomic E-state index is -0.435. The van der Waals surface area contributed by atoms with Crippen LogP contribution in [-0.2, 0) is 14.3 Å². The summed E-state index contributed by atoms with van der Waals surface area (Å²) in [6, 6.07) is 3.33. The van der Waals surface area contributed by atoms with Gasteiger partial charge >= 0.3 is 0 Å². The number of Topliss-reactive ketones (excluding diaryl/α,β-unsaturated/α-hetero) is 1. The molecular formula is C22H28ClN3O3. The van der Waals surface area contributed by atoms with Crippen molar-refractivity contribution >= 4 is 23.3 Å². The van der Waals surface area contributed by atoms with Crippen LogP contribution in [0, 0.1) is 11.8 Å². The summed E-state index contributed by atoms with van der Waals surface area (Å²) in [6.07, 6.45) is 5.29. The molecule has 7 heteroatoms. The Morgan fingerprint density at radius 2 is 2.10 bits per heavy atom. The fraction of sp³-hybridized carbons (Fsp3) is 0.591. The van der Waals surface area contributed by atoms with E-state index in [1.54, 1.807) is 17.3 Å². The Kier molecular flexibility index (Phi) is 5.67. The Morgan fingerprint density at radius 3 is 2.79 bits per heavy atom. The normalized spacial score (nSPS) is 31.8. The number of pyridine rings is 1. The van der Waals surface area contributed by atoms with Crippen LogP contribution < -0.4 is 0 Å². The molecular weight excluding hydrogens is 390 g/mol. The lowest BCUT2D eigenvalue weighted by molar-refractivity contribution is -0.136. The van der Waals surface area contributed by atoms with Crippen LogP contribution in [0.2, 0.25) is 0 Å². The Hall–Kier alpha value is -1.92. The number of alkyl halides is 1. The third-order valence-corrected chi connectivity index (χ3v) is 6.92. The van der Waals surface area contributed by atoms with Crippen LogP contribution >= 0.6 is 11.6 Å². The van der Waals surface area contributed by atoms with Gasteiger partial charge in [-0.3, -0.25) is 14.6 Å². The maximum absolute atomic E-state index is 13.5. The smallest absolute Gasteiger partial charge is 0.290 e. The zero-order valence-corrected chi connectivity index (χ0v) is 17.9. The van der Waals surface area contributed by atoms with Crippen LogP contribution in [0.1, 0.15) is 37.8 Å². The molecule has 1 aromatic heterocycles. The number of amides is 1. The van der Waals surface area contributed by atoms with Gasteiger partial charge in [0.25, 0.3) is 5.91 Å². The van der Waals surface area contributed by atoms with E-state index in [1.807, 2.05) is 26.2 Å². The van der Waals surface area contributed by atoms with Gasteiger partial charge in [0.1, 0.15) is 6.10 Å². The minimum Gasteiger partial charge on any atom is -0.483 e. The number of fused-ring (bicyclic) bond motifs is 1. The van der Waals surface area contributed by atoms with Crippen LogP contribution in [-0.4, -0.2) is 65.1 Å². The second kappa shape index (κ2) is 8.07. The number of rotatable bonds is 5. The first-order chi connectivity index (χ1) is 13.9. The SMILES string of the molecule is CC1CC2OC3=C(C(=O)C2CC1Cl)C(c1cccnc1)N(CCCN(C)C)C3=O. The van der Waals surface area contributed by atoms with E-state index in [-0.39, 0.29) is 40.8 Å². The van der Waals surface area contributed by atoms with Gasteiger partial charge < -0.3 is 14.5 Å². The summed E-state index contributed by atoms with van der Waals surface area (Å²) in [5.74, 6) is 0.0668. The average molecular weight is 418 g/mol. The molecule has 156 valence electrons. The quantitative estimate of drug-likeness (QED) is 0.689. The molecule has 1 fully saturated rings. The first-order valence-corrected chi connectivity index (χ1v) is 10.8. The number of hydrogen-bond acceptors (Lipinski definition) is 5. The van der Waals surface area contributed by atoms with E-state index in [2.05, 4.69) is 16.8 Å².